The lowest BCUT2D eigenvalue weighted by Gasteiger charge is -2.18. The zero-order chi connectivity index (χ0) is 20.7. The summed E-state index contributed by atoms with van der Waals surface area (Å²) < 4.78 is 18.9. The van der Waals surface area contributed by atoms with Crippen molar-refractivity contribution in [1.82, 2.24) is 25.5 Å². The van der Waals surface area contributed by atoms with Crippen LogP contribution in [0.4, 0.5) is 5.69 Å². The van der Waals surface area contributed by atoms with Crippen molar-refractivity contribution >= 4 is 11.6 Å². The van der Waals surface area contributed by atoms with E-state index in [1.807, 2.05) is 43.3 Å². The second kappa shape index (κ2) is 7.54. The van der Waals surface area contributed by atoms with Crippen molar-refractivity contribution in [3.05, 3.63) is 48.4 Å². The van der Waals surface area contributed by atoms with E-state index in [-0.39, 0.29) is 36.0 Å². The van der Waals surface area contributed by atoms with Crippen molar-refractivity contribution in [3.63, 3.8) is 0 Å². The maximum Gasteiger partial charge on any atom is 0.287 e. The average Bonchev–Trinajstić information content (AvgIpc) is 3.53. The van der Waals surface area contributed by atoms with Crippen molar-refractivity contribution in [2.24, 2.45) is 0 Å². The molecule has 10 heteroatoms. The Morgan fingerprint density at radius 2 is 1.93 bits per heavy atom. The Morgan fingerprint density at radius 1 is 1.13 bits per heavy atom. The lowest BCUT2D eigenvalue weighted by Crippen LogP contribution is -2.44. The van der Waals surface area contributed by atoms with Crippen LogP contribution < -0.4 is 10.2 Å². The first-order valence-corrected chi connectivity index (χ1v) is 9.75. The Hall–Kier alpha value is -3.24. The Labute approximate surface area is 172 Å². The minimum atomic E-state index is -0.287. The SMILES string of the molecule is CN(C)c1ccc(-c2nnnn2C2COC3C(NC(=O)c4ccco4)COC32)cc1. The number of carbonyl (C=O) groups is 1. The second-order valence-corrected chi connectivity index (χ2v) is 7.61. The third kappa shape index (κ3) is 3.23. The summed E-state index contributed by atoms with van der Waals surface area (Å²) in [5.41, 5.74) is 2.01. The highest BCUT2D eigenvalue weighted by Crippen LogP contribution is 2.36. The molecule has 4 heterocycles. The third-order valence-electron chi connectivity index (χ3n) is 5.54. The minimum absolute atomic E-state index is 0.181. The molecular formula is C20H22N6O4. The van der Waals surface area contributed by atoms with Gasteiger partial charge in [0.25, 0.3) is 5.91 Å². The van der Waals surface area contributed by atoms with Gasteiger partial charge in [0.15, 0.2) is 11.6 Å². The molecule has 0 spiro atoms. The minimum Gasteiger partial charge on any atom is -0.459 e. The number of rotatable bonds is 5. The van der Waals surface area contributed by atoms with Gasteiger partial charge in [0.1, 0.15) is 18.2 Å². The van der Waals surface area contributed by atoms with E-state index in [2.05, 4.69) is 20.8 Å². The van der Waals surface area contributed by atoms with E-state index < -0.39 is 0 Å². The van der Waals surface area contributed by atoms with Crippen LogP contribution >= 0.6 is 0 Å². The van der Waals surface area contributed by atoms with Gasteiger partial charge < -0.3 is 24.1 Å². The van der Waals surface area contributed by atoms with Gasteiger partial charge in [-0.05, 0) is 46.8 Å². The lowest BCUT2D eigenvalue weighted by molar-refractivity contribution is 0.0613. The monoisotopic (exact) mass is 410 g/mol. The van der Waals surface area contributed by atoms with Crippen molar-refractivity contribution < 1.29 is 18.7 Å². The summed E-state index contributed by atoms with van der Waals surface area (Å²) >= 11 is 0. The summed E-state index contributed by atoms with van der Waals surface area (Å²) in [6, 6.07) is 10.9. The van der Waals surface area contributed by atoms with Crippen LogP contribution in [-0.2, 0) is 9.47 Å². The normalized spacial score (nSPS) is 25.3. The Kier molecular flexibility index (Phi) is 4.72. The standard InChI is InChI=1S/C20H22N6O4/c1-25(2)13-7-5-12(6-8-13)19-22-23-24-26(19)15-11-30-17-14(10-29-18(15)17)21-20(27)16-4-3-9-28-16/h3-9,14-15,17-18H,10-11H2,1-2H3,(H,21,27). The van der Waals surface area contributed by atoms with Crippen molar-refractivity contribution in [3.8, 4) is 11.4 Å². The number of ether oxygens (including phenoxy) is 2. The summed E-state index contributed by atoms with van der Waals surface area (Å²) in [5, 5.41) is 15.2. The first kappa shape index (κ1) is 18.8. The van der Waals surface area contributed by atoms with Crippen molar-refractivity contribution in [2.75, 3.05) is 32.2 Å². The van der Waals surface area contributed by atoms with Gasteiger partial charge in [0.2, 0.25) is 0 Å². The number of aromatic nitrogens is 4. The van der Waals surface area contributed by atoms with Gasteiger partial charge in [-0.25, -0.2) is 4.68 Å². The van der Waals surface area contributed by atoms with E-state index in [1.165, 1.54) is 6.26 Å². The molecule has 2 aliphatic rings. The van der Waals surface area contributed by atoms with Gasteiger partial charge in [-0.1, -0.05) is 0 Å². The number of hydrogen-bond acceptors (Lipinski definition) is 8. The van der Waals surface area contributed by atoms with Crippen molar-refractivity contribution in [1.29, 1.82) is 0 Å². The molecule has 156 valence electrons. The van der Waals surface area contributed by atoms with E-state index in [0.29, 0.717) is 19.0 Å². The number of nitrogens with zero attached hydrogens (tertiary/aromatic N) is 5. The van der Waals surface area contributed by atoms with Crippen LogP contribution in [0.2, 0.25) is 0 Å². The van der Waals surface area contributed by atoms with E-state index >= 15 is 0 Å². The topological polar surface area (TPSA) is 108 Å². The predicted octanol–water partition coefficient (Wildman–Crippen LogP) is 1.14. The number of benzene rings is 1. The Morgan fingerprint density at radius 3 is 2.67 bits per heavy atom. The quantitative estimate of drug-likeness (QED) is 0.667. The number of nitrogens with one attached hydrogen (secondary N) is 1. The van der Waals surface area contributed by atoms with Gasteiger partial charge in [-0.15, -0.1) is 5.10 Å². The molecular weight excluding hydrogens is 388 g/mol. The fourth-order valence-electron chi connectivity index (χ4n) is 3.98. The molecule has 2 fully saturated rings. The molecule has 10 nitrogen and oxygen atoms in total. The average molecular weight is 410 g/mol. The molecule has 5 rings (SSSR count). The molecule has 1 N–H and O–H groups in total. The zero-order valence-electron chi connectivity index (χ0n) is 16.6. The van der Waals surface area contributed by atoms with E-state index in [0.717, 1.165) is 11.3 Å². The van der Waals surface area contributed by atoms with Gasteiger partial charge in [0.05, 0.1) is 25.5 Å². The molecule has 1 amide bonds. The summed E-state index contributed by atoms with van der Waals surface area (Å²) in [7, 11) is 3.99. The van der Waals surface area contributed by atoms with E-state index in [4.69, 9.17) is 13.9 Å². The number of amides is 1. The van der Waals surface area contributed by atoms with E-state index in [1.54, 1.807) is 16.8 Å². The number of carbonyl (C=O) groups excluding carboxylic acids is 1. The Bertz CT molecular complexity index is 1020. The van der Waals surface area contributed by atoms with Gasteiger partial charge in [-0.3, -0.25) is 4.79 Å². The molecule has 4 unspecified atom stereocenters. The molecule has 2 aromatic heterocycles. The molecule has 3 aromatic rings. The van der Waals surface area contributed by atoms with E-state index in [9.17, 15) is 4.79 Å². The van der Waals surface area contributed by atoms with Crippen LogP contribution in [0.15, 0.2) is 47.1 Å². The smallest absolute Gasteiger partial charge is 0.287 e. The molecule has 0 radical (unpaired) electrons. The van der Waals surface area contributed by atoms with Crippen LogP contribution in [0.5, 0.6) is 0 Å². The molecule has 2 saturated heterocycles. The molecule has 2 aliphatic heterocycles. The lowest BCUT2D eigenvalue weighted by atomic mass is 10.1. The molecule has 1 aromatic carbocycles. The number of tetrazole rings is 1. The number of anilines is 1. The highest BCUT2D eigenvalue weighted by Gasteiger charge is 2.50. The first-order valence-electron chi connectivity index (χ1n) is 9.75. The molecule has 0 saturated carbocycles. The number of hydrogen-bond donors (Lipinski definition) is 1. The number of fused-ring (bicyclic) bond motifs is 1. The van der Waals surface area contributed by atoms with Crippen LogP contribution in [0.1, 0.15) is 16.6 Å². The number of furan rings is 1. The van der Waals surface area contributed by atoms with Crippen LogP contribution in [0.3, 0.4) is 0 Å². The molecule has 30 heavy (non-hydrogen) atoms. The van der Waals surface area contributed by atoms with Crippen LogP contribution in [0, 0.1) is 0 Å². The Balaban J connectivity index is 1.33. The fraction of sp³-hybridized carbons (Fsp3) is 0.400. The highest BCUT2D eigenvalue weighted by atomic mass is 16.6. The predicted molar refractivity (Wildman–Crippen MR) is 106 cm³/mol. The zero-order valence-corrected chi connectivity index (χ0v) is 16.6. The summed E-state index contributed by atoms with van der Waals surface area (Å²) in [4.78, 5) is 14.4. The maximum atomic E-state index is 12.3. The first-order chi connectivity index (χ1) is 14.6. The highest BCUT2D eigenvalue weighted by molar-refractivity contribution is 5.91. The fourth-order valence-corrected chi connectivity index (χ4v) is 3.98. The van der Waals surface area contributed by atoms with Crippen molar-refractivity contribution in [2.45, 2.75) is 24.3 Å². The largest absolute Gasteiger partial charge is 0.459 e. The van der Waals surface area contributed by atoms with Crippen LogP contribution in [-0.4, -0.2) is 71.7 Å². The molecule has 0 bridgehead atoms. The second-order valence-electron chi connectivity index (χ2n) is 7.61. The van der Waals surface area contributed by atoms with Gasteiger partial charge >= 0.3 is 0 Å². The molecule has 0 aliphatic carbocycles. The molecule has 4 atom stereocenters. The van der Waals surface area contributed by atoms with Gasteiger partial charge in [0, 0.05) is 25.3 Å². The summed E-state index contributed by atoms with van der Waals surface area (Å²) in [6.07, 6.45) is 0.937. The van der Waals surface area contributed by atoms with Gasteiger partial charge in [-0.2, -0.15) is 0 Å². The van der Waals surface area contributed by atoms with Crippen LogP contribution in [0.25, 0.3) is 11.4 Å². The maximum absolute atomic E-state index is 12.3. The summed E-state index contributed by atoms with van der Waals surface area (Å²) in [6.45, 7) is 0.754. The summed E-state index contributed by atoms with van der Waals surface area (Å²) in [5.74, 6) is 0.628. The third-order valence-corrected chi connectivity index (χ3v) is 5.54.